The SMILES string of the molecule is CN(CCc1ccncc1)C(=O)C(C)(C)C(=O)Nc1cccc(Cl)c1Cl. The average Bonchev–Trinajstić information content (AvgIpc) is 2.63. The van der Waals surface area contributed by atoms with Crippen molar-refractivity contribution in [3.05, 3.63) is 58.3 Å². The minimum Gasteiger partial charge on any atom is -0.345 e. The fraction of sp³-hybridized carbons (Fsp3) is 0.316. The molecule has 1 aromatic heterocycles. The van der Waals surface area contributed by atoms with Gasteiger partial charge in [-0.2, -0.15) is 0 Å². The van der Waals surface area contributed by atoms with E-state index in [2.05, 4.69) is 10.3 Å². The highest BCUT2D eigenvalue weighted by Crippen LogP contribution is 2.31. The van der Waals surface area contributed by atoms with Gasteiger partial charge in [0.15, 0.2) is 0 Å². The third-order valence-corrected chi connectivity index (χ3v) is 4.95. The van der Waals surface area contributed by atoms with Crippen molar-refractivity contribution in [1.29, 1.82) is 0 Å². The van der Waals surface area contributed by atoms with Crippen molar-refractivity contribution in [3.8, 4) is 0 Å². The third-order valence-electron chi connectivity index (χ3n) is 4.13. The van der Waals surface area contributed by atoms with Crippen LogP contribution < -0.4 is 5.32 Å². The maximum atomic E-state index is 12.8. The van der Waals surface area contributed by atoms with E-state index in [1.54, 1.807) is 56.4 Å². The van der Waals surface area contributed by atoms with Gasteiger partial charge in [-0.25, -0.2) is 0 Å². The molecule has 1 heterocycles. The standard InChI is InChI=1S/C19H21Cl2N3O2/c1-19(2,17(25)23-15-6-4-5-14(20)16(15)21)18(26)24(3)12-9-13-7-10-22-11-8-13/h4-8,10-11H,9,12H2,1-3H3,(H,23,25). The molecule has 0 atom stereocenters. The molecule has 0 fully saturated rings. The van der Waals surface area contributed by atoms with E-state index in [1.165, 1.54) is 0 Å². The summed E-state index contributed by atoms with van der Waals surface area (Å²) in [5.41, 5.74) is 0.204. The minimum atomic E-state index is -1.25. The van der Waals surface area contributed by atoms with Gasteiger partial charge >= 0.3 is 0 Å². The van der Waals surface area contributed by atoms with Crippen molar-refractivity contribution in [2.24, 2.45) is 5.41 Å². The molecule has 0 bridgehead atoms. The van der Waals surface area contributed by atoms with Gasteiger partial charge < -0.3 is 10.2 Å². The summed E-state index contributed by atoms with van der Waals surface area (Å²) < 4.78 is 0. The van der Waals surface area contributed by atoms with Crippen molar-refractivity contribution in [2.45, 2.75) is 20.3 Å². The number of nitrogens with one attached hydrogen (secondary N) is 1. The van der Waals surface area contributed by atoms with Gasteiger partial charge in [-0.1, -0.05) is 29.3 Å². The summed E-state index contributed by atoms with van der Waals surface area (Å²) in [6, 6.07) is 8.75. The van der Waals surface area contributed by atoms with E-state index in [9.17, 15) is 9.59 Å². The van der Waals surface area contributed by atoms with E-state index in [1.807, 2.05) is 12.1 Å². The van der Waals surface area contributed by atoms with Crippen LogP contribution in [-0.2, 0) is 16.0 Å². The number of rotatable bonds is 6. The molecule has 0 aliphatic rings. The lowest BCUT2D eigenvalue weighted by Gasteiger charge is -2.28. The Morgan fingerprint density at radius 3 is 2.46 bits per heavy atom. The van der Waals surface area contributed by atoms with Crippen LogP contribution in [0.15, 0.2) is 42.7 Å². The molecule has 0 unspecified atom stereocenters. The molecule has 5 nitrogen and oxygen atoms in total. The third kappa shape index (κ3) is 4.74. The molecule has 7 heteroatoms. The molecule has 2 rings (SSSR count). The number of nitrogens with zero attached hydrogens (tertiary/aromatic N) is 2. The van der Waals surface area contributed by atoms with Crippen LogP contribution in [0.3, 0.4) is 0 Å². The molecular weight excluding hydrogens is 373 g/mol. The van der Waals surface area contributed by atoms with Gasteiger partial charge in [0.05, 0.1) is 15.7 Å². The van der Waals surface area contributed by atoms with Gasteiger partial charge in [0.2, 0.25) is 11.8 Å². The van der Waals surface area contributed by atoms with E-state index < -0.39 is 11.3 Å². The highest BCUT2D eigenvalue weighted by Gasteiger charge is 2.38. The number of pyridine rings is 1. The molecule has 138 valence electrons. The van der Waals surface area contributed by atoms with E-state index in [-0.39, 0.29) is 10.9 Å². The normalized spacial score (nSPS) is 11.1. The van der Waals surface area contributed by atoms with Crippen LogP contribution in [0.4, 0.5) is 5.69 Å². The molecular formula is C19H21Cl2N3O2. The lowest BCUT2D eigenvalue weighted by molar-refractivity contribution is -0.145. The van der Waals surface area contributed by atoms with E-state index in [0.717, 1.165) is 5.56 Å². The van der Waals surface area contributed by atoms with Crippen molar-refractivity contribution >= 4 is 40.7 Å². The smallest absolute Gasteiger partial charge is 0.239 e. The first kappa shape index (κ1) is 20.2. The molecule has 2 amide bonds. The topological polar surface area (TPSA) is 62.3 Å². The second-order valence-electron chi connectivity index (χ2n) is 6.51. The van der Waals surface area contributed by atoms with Crippen LogP contribution in [0.2, 0.25) is 10.0 Å². The summed E-state index contributed by atoms with van der Waals surface area (Å²) in [6.45, 7) is 3.68. The molecule has 1 aromatic carbocycles. The summed E-state index contributed by atoms with van der Waals surface area (Å²) >= 11 is 12.1. The molecule has 0 radical (unpaired) electrons. The summed E-state index contributed by atoms with van der Waals surface area (Å²) in [6.07, 6.45) is 4.11. The number of carbonyl (C=O) groups excluding carboxylic acids is 2. The molecule has 0 aliphatic heterocycles. The Hall–Kier alpha value is -2.11. The quantitative estimate of drug-likeness (QED) is 0.752. The Morgan fingerprint density at radius 2 is 1.81 bits per heavy atom. The Balaban J connectivity index is 2.03. The Labute approximate surface area is 163 Å². The van der Waals surface area contributed by atoms with Gasteiger partial charge in [-0.05, 0) is 50.1 Å². The number of amides is 2. The molecule has 0 saturated carbocycles. The average molecular weight is 394 g/mol. The van der Waals surface area contributed by atoms with Crippen LogP contribution in [0.1, 0.15) is 19.4 Å². The molecule has 0 aliphatic carbocycles. The second-order valence-corrected chi connectivity index (χ2v) is 7.30. The zero-order chi connectivity index (χ0) is 19.3. The largest absolute Gasteiger partial charge is 0.345 e. The van der Waals surface area contributed by atoms with E-state index in [0.29, 0.717) is 23.7 Å². The number of hydrogen-bond donors (Lipinski definition) is 1. The second kappa shape index (κ2) is 8.52. The summed E-state index contributed by atoms with van der Waals surface area (Å²) in [5, 5.41) is 3.27. The number of benzene rings is 1. The van der Waals surface area contributed by atoms with Gasteiger partial charge in [0, 0.05) is 26.0 Å². The van der Waals surface area contributed by atoms with Crippen molar-refractivity contribution in [2.75, 3.05) is 18.9 Å². The van der Waals surface area contributed by atoms with E-state index in [4.69, 9.17) is 23.2 Å². The van der Waals surface area contributed by atoms with Gasteiger partial charge in [-0.15, -0.1) is 0 Å². The number of anilines is 1. The summed E-state index contributed by atoms with van der Waals surface area (Å²) in [7, 11) is 1.69. The molecule has 0 spiro atoms. The van der Waals surface area contributed by atoms with Crippen molar-refractivity contribution in [3.63, 3.8) is 0 Å². The highest BCUT2D eigenvalue weighted by atomic mass is 35.5. The molecule has 1 N–H and O–H groups in total. The first-order valence-electron chi connectivity index (χ1n) is 8.13. The maximum absolute atomic E-state index is 12.8. The molecule has 0 saturated heterocycles. The molecule has 26 heavy (non-hydrogen) atoms. The summed E-state index contributed by atoms with van der Waals surface area (Å²) in [4.78, 5) is 30.9. The number of halogens is 2. The van der Waals surface area contributed by atoms with Crippen molar-refractivity contribution in [1.82, 2.24) is 9.88 Å². The predicted molar refractivity (Wildman–Crippen MR) is 104 cm³/mol. The van der Waals surface area contributed by atoms with E-state index >= 15 is 0 Å². The Kier molecular flexibility index (Phi) is 6.62. The zero-order valence-electron chi connectivity index (χ0n) is 14.9. The van der Waals surface area contributed by atoms with Crippen LogP contribution in [0, 0.1) is 5.41 Å². The summed E-state index contributed by atoms with van der Waals surface area (Å²) in [5.74, 6) is -0.718. The molecule has 2 aromatic rings. The fourth-order valence-corrected chi connectivity index (χ4v) is 2.75. The Bertz CT molecular complexity index is 795. The maximum Gasteiger partial charge on any atom is 0.239 e. The number of aromatic nitrogens is 1. The fourth-order valence-electron chi connectivity index (χ4n) is 2.40. The lowest BCUT2D eigenvalue weighted by atomic mass is 9.90. The first-order valence-corrected chi connectivity index (χ1v) is 8.89. The number of hydrogen-bond acceptors (Lipinski definition) is 3. The van der Waals surface area contributed by atoms with Crippen LogP contribution in [0.25, 0.3) is 0 Å². The first-order chi connectivity index (χ1) is 12.2. The predicted octanol–water partition coefficient (Wildman–Crippen LogP) is 4.05. The minimum absolute atomic E-state index is 0.247. The van der Waals surface area contributed by atoms with Crippen LogP contribution in [-0.4, -0.2) is 35.3 Å². The van der Waals surface area contributed by atoms with Gasteiger partial charge in [0.25, 0.3) is 0 Å². The van der Waals surface area contributed by atoms with Gasteiger partial charge in [0.1, 0.15) is 5.41 Å². The lowest BCUT2D eigenvalue weighted by Crippen LogP contribution is -2.46. The highest BCUT2D eigenvalue weighted by molar-refractivity contribution is 6.44. The zero-order valence-corrected chi connectivity index (χ0v) is 16.4. The van der Waals surface area contributed by atoms with Gasteiger partial charge in [-0.3, -0.25) is 14.6 Å². The number of carbonyl (C=O) groups is 2. The monoisotopic (exact) mass is 393 g/mol. The number of likely N-dealkylation sites (N-methyl/N-ethyl adjacent to an activating group) is 1. The Morgan fingerprint density at radius 1 is 1.15 bits per heavy atom. The van der Waals surface area contributed by atoms with Crippen molar-refractivity contribution < 1.29 is 9.59 Å². The van der Waals surface area contributed by atoms with Crippen LogP contribution in [0.5, 0.6) is 0 Å². The van der Waals surface area contributed by atoms with Crippen LogP contribution >= 0.6 is 23.2 Å².